The monoisotopic (exact) mass is 144 g/mol. The van der Waals surface area contributed by atoms with E-state index >= 15 is 0 Å². The number of aromatic nitrogens is 2. The molecule has 2 nitrogen and oxygen atoms in total. The number of hydrogen-bond donors (Lipinski definition) is 0. The number of halogens is 1. The second-order valence-electron chi connectivity index (χ2n) is 1.94. The number of nitrogens with zero attached hydrogens (tertiary/aromatic N) is 2. The highest BCUT2D eigenvalue weighted by atomic mass is 35.5. The fourth-order valence-electron chi connectivity index (χ4n) is 0.705. The smallest absolute Gasteiger partial charge is 0.129 e. The Kier molecular flexibility index (Phi) is 1.76. The lowest BCUT2D eigenvalue weighted by Crippen LogP contribution is -1.88. The summed E-state index contributed by atoms with van der Waals surface area (Å²) in [7, 11) is 1.83. The average molecular weight is 145 g/mol. The van der Waals surface area contributed by atoms with Gasteiger partial charge in [0.05, 0.1) is 6.20 Å². The van der Waals surface area contributed by atoms with Gasteiger partial charge in [-0.3, -0.25) is 4.68 Å². The van der Waals surface area contributed by atoms with E-state index in [0.29, 0.717) is 0 Å². The van der Waals surface area contributed by atoms with Gasteiger partial charge in [-0.15, -0.1) is 0 Å². The van der Waals surface area contributed by atoms with E-state index in [1.165, 1.54) is 0 Å². The molecule has 0 amide bonds. The molecule has 1 heterocycles. The predicted octanol–water partition coefficient (Wildman–Crippen LogP) is 1.64. The molecule has 0 fully saturated rings. The van der Waals surface area contributed by atoms with Crippen molar-refractivity contribution in [1.29, 1.82) is 0 Å². The van der Waals surface area contributed by atoms with Gasteiger partial charge in [0.25, 0.3) is 0 Å². The number of rotatable bonds is 1. The standard InChI is InChI=1S/C6H9ClN2/c1-3-5-4-8-9(2)6(5)7/h4H,3H2,1-2H3. The third-order valence-electron chi connectivity index (χ3n) is 1.32. The molecule has 0 aliphatic heterocycles. The van der Waals surface area contributed by atoms with Crippen molar-refractivity contribution in [2.45, 2.75) is 13.3 Å². The summed E-state index contributed by atoms with van der Waals surface area (Å²) in [6.07, 6.45) is 2.75. The van der Waals surface area contributed by atoms with Gasteiger partial charge >= 0.3 is 0 Å². The molecule has 0 radical (unpaired) electrons. The highest BCUT2D eigenvalue weighted by Gasteiger charge is 2.00. The molecule has 0 aliphatic carbocycles. The molecule has 1 aromatic heterocycles. The quantitative estimate of drug-likeness (QED) is 0.586. The Hall–Kier alpha value is -0.500. The molecule has 0 N–H and O–H groups in total. The fourth-order valence-corrected chi connectivity index (χ4v) is 0.931. The summed E-state index contributed by atoms with van der Waals surface area (Å²) < 4.78 is 1.67. The lowest BCUT2D eigenvalue weighted by atomic mass is 10.3. The van der Waals surface area contributed by atoms with Crippen LogP contribution in [0.4, 0.5) is 0 Å². The Morgan fingerprint density at radius 1 is 1.78 bits per heavy atom. The maximum absolute atomic E-state index is 5.81. The molecule has 9 heavy (non-hydrogen) atoms. The van der Waals surface area contributed by atoms with Gasteiger partial charge in [0.2, 0.25) is 0 Å². The third-order valence-corrected chi connectivity index (χ3v) is 1.80. The second-order valence-corrected chi connectivity index (χ2v) is 2.30. The molecule has 50 valence electrons. The van der Waals surface area contributed by atoms with Crippen LogP contribution in [0.1, 0.15) is 12.5 Å². The highest BCUT2D eigenvalue weighted by molar-refractivity contribution is 6.30. The molecule has 3 heteroatoms. The van der Waals surface area contributed by atoms with Gasteiger partial charge in [0.15, 0.2) is 0 Å². The summed E-state index contributed by atoms with van der Waals surface area (Å²) >= 11 is 5.81. The second kappa shape index (κ2) is 2.40. The average Bonchev–Trinajstić information content (AvgIpc) is 2.15. The summed E-state index contributed by atoms with van der Waals surface area (Å²) in [5.41, 5.74) is 1.11. The van der Waals surface area contributed by atoms with Crippen LogP contribution in [0, 0.1) is 0 Å². The molecule has 1 aromatic rings. The van der Waals surface area contributed by atoms with E-state index in [9.17, 15) is 0 Å². The first-order valence-corrected chi connectivity index (χ1v) is 3.30. The minimum Gasteiger partial charge on any atom is -0.257 e. The normalized spacial score (nSPS) is 10.1. The van der Waals surface area contributed by atoms with Gasteiger partial charge in [-0.2, -0.15) is 5.10 Å². The Morgan fingerprint density at radius 2 is 2.44 bits per heavy atom. The van der Waals surface area contributed by atoms with Crippen molar-refractivity contribution in [3.63, 3.8) is 0 Å². The van der Waals surface area contributed by atoms with Crippen LogP contribution in [0.15, 0.2) is 6.20 Å². The highest BCUT2D eigenvalue weighted by Crippen LogP contribution is 2.13. The van der Waals surface area contributed by atoms with Gasteiger partial charge in [0, 0.05) is 12.6 Å². The molecule has 0 aliphatic rings. The Bertz CT molecular complexity index is 205. The molecular weight excluding hydrogens is 136 g/mol. The van der Waals surface area contributed by atoms with E-state index in [-0.39, 0.29) is 0 Å². The molecule has 0 unspecified atom stereocenters. The SMILES string of the molecule is CCc1cnn(C)c1Cl. The van der Waals surface area contributed by atoms with Crippen LogP contribution in [-0.4, -0.2) is 9.78 Å². The minimum atomic E-state index is 0.748. The van der Waals surface area contributed by atoms with Crippen LogP contribution in [0.3, 0.4) is 0 Å². The van der Waals surface area contributed by atoms with Gasteiger partial charge in [-0.25, -0.2) is 0 Å². The lowest BCUT2D eigenvalue weighted by molar-refractivity contribution is 0.768. The Balaban J connectivity index is 3.04. The molecule has 0 atom stereocenters. The van der Waals surface area contributed by atoms with E-state index < -0.39 is 0 Å². The van der Waals surface area contributed by atoms with Crippen molar-refractivity contribution in [3.8, 4) is 0 Å². The summed E-state index contributed by atoms with van der Waals surface area (Å²) in [5.74, 6) is 0. The molecule has 0 saturated carbocycles. The summed E-state index contributed by atoms with van der Waals surface area (Å²) in [6, 6.07) is 0. The maximum atomic E-state index is 5.81. The maximum Gasteiger partial charge on any atom is 0.129 e. The van der Waals surface area contributed by atoms with Crippen LogP contribution in [0.5, 0.6) is 0 Å². The van der Waals surface area contributed by atoms with Crippen LogP contribution in [-0.2, 0) is 13.5 Å². The molecule has 0 saturated heterocycles. The van der Waals surface area contributed by atoms with Crippen LogP contribution < -0.4 is 0 Å². The minimum absolute atomic E-state index is 0.748. The van der Waals surface area contributed by atoms with Crippen molar-refractivity contribution in [3.05, 3.63) is 16.9 Å². The topological polar surface area (TPSA) is 17.8 Å². The van der Waals surface area contributed by atoms with E-state index in [0.717, 1.165) is 17.1 Å². The van der Waals surface area contributed by atoms with Crippen molar-refractivity contribution < 1.29 is 0 Å². The zero-order valence-electron chi connectivity index (χ0n) is 5.56. The first-order chi connectivity index (χ1) is 4.25. The first-order valence-electron chi connectivity index (χ1n) is 2.92. The van der Waals surface area contributed by atoms with Crippen molar-refractivity contribution >= 4 is 11.6 Å². The van der Waals surface area contributed by atoms with Crippen molar-refractivity contribution in [2.75, 3.05) is 0 Å². The third kappa shape index (κ3) is 1.08. The van der Waals surface area contributed by atoms with Gasteiger partial charge < -0.3 is 0 Å². The van der Waals surface area contributed by atoms with Crippen LogP contribution >= 0.6 is 11.6 Å². The largest absolute Gasteiger partial charge is 0.257 e. The zero-order valence-corrected chi connectivity index (χ0v) is 6.31. The van der Waals surface area contributed by atoms with E-state index in [1.807, 2.05) is 7.05 Å². The molecule has 0 spiro atoms. The zero-order chi connectivity index (χ0) is 6.85. The molecule has 1 rings (SSSR count). The van der Waals surface area contributed by atoms with E-state index in [1.54, 1.807) is 10.9 Å². The number of hydrogen-bond acceptors (Lipinski definition) is 1. The van der Waals surface area contributed by atoms with Crippen molar-refractivity contribution in [1.82, 2.24) is 9.78 Å². The molecule has 0 bridgehead atoms. The summed E-state index contributed by atoms with van der Waals surface area (Å²) in [6.45, 7) is 2.06. The fraction of sp³-hybridized carbons (Fsp3) is 0.500. The van der Waals surface area contributed by atoms with Gasteiger partial charge in [-0.1, -0.05) is 18.5 Å². The van der Waals surface area contributed by atoms with Crippen LogP contribution in [0.2, 0.25) is 5.15 Å². The predicted molar refractivity (Wildman–Crippen MR) is 37.6 cm³/mol. The Morgan fingerprint density at radius 3 is 2.67 bits per heavy atom. The van der Waals surface area contributed by atoms with Crippen molar-refractivity contribution in [2.24, 2.45) is 7.05 Å². The van der Waals surface area contributed by atoms with Gasteiger partial charge in [0.1, 0.15) is 5.15 Å². The Labute approximate surface area is 59.4 Å². The molecule has 0 aromatic carbocycles. The first kappa shape index (κ1) is 6.62. The van der Waals surface area contributed by atoms with Crippen LogP contribution in [0.25, 0.3) is 0 Å². The summed E-state index contributed by atoms with van der Waals surface area (Å²) in [4.78, 5) is 0. The summed E-state index contributed by atoms with van der Waals surface area (Å²) in [5, 5.41) is 4.72. The van der Waals surface area contributed by atoms with Gasteiger partial charge in [-0.05, 0) is 6.42 Å². The lowest BCUT2D eigenvalue weighted by Gasteiger charge is -1.90. The van der Waals surface area contributed by atoms with E-state index in [4.69, 9.17) is 11.6 Å². The van der Waals surface area contributed by atoms with E-state index in [2.05, 4.69) is 12.0 Å². The number of aryl methyl sites for hydroxylation is 2. The molecular formula is C6H9ClN2.